The fraction of sp³-hybridized carbons (Fsp3) is 0.300. The lowest BCUT2D eigenvalue weighted by Crippen LogP contribution is -2.64. The molecule has 3 saturated heterocycles. The van der Waals surface area contributed by atoms with Gasteiger partial charge in [-0.1, -0.05) is 72.3 Å². The van der Waals surface area contributed by atoms with Gasteiger partial charge in [-0.15, -0.1) is 0 Å². The smallest absolute Gasteiger partial charge is 0.236 e. The monoisotopic (exact) mass is 519 g/mol. The lowest BCUT2D eigenvalue weighted by Gasteiger charge is -2.51. The third-order valence-corrected chi connectivity index (χ3v) is 8.25. The van der Waals surface area contributed by atoms with Crippen molar-refractivity contribution in [2.24, 2.45) is 5.92 Å². The first kappa shape index (κ1) is 24.2. The Kier molecular flexibility index (Phi) is 6.27. The standard InChI is InChI=1S/C30H29ClFN2O3/c31-26-17-24(11-12-27(26)32)36-28-20-34(15-13-21(28)14-16-34)19-25-18-33-29(37-25)30(35,22-7-3-1-4-8-22)23-9-5-2-6-10-23/h1-12,17-18,21,28,35H,13-16,19-20H2/q+1/t21?,28-,34?/m0/s1. The summed E-state index contributed by atoms with van der Waals surface area (Å²) in [4.78, 5) is 4.58. The fourth-order valence-corrected chi connectivity index (χ4v) is 6.12. The molecule has 0 saturated carbocycles. The number of rotatable bonds is 7. The maximum Gasteiger partial charge on any atom is 0.236 e. The van der Waals surface area contributed by atoms with Crippen LogP contribution in [0.15, 0.2) is 89.5 Å². The Balaban J connectivity index is 1.25. The Hall–Kier alpha value is -3.19. The topological polar surface area (TPSA) is 55.5 Å². The molecule has 0 radical (unpaired) electrons. The first-order valence-corrected chi connectivity index (χ1v) is 13.1. The summed E-state index contributed by atoms with van der Waals surface area (Å²) < 4.78 is 27.1. The van der Waals surface area contributed by atoms with E-state index in [2.05, 4.69) is 4.98 Å². The van der Waals surface area contributed by atoms with Crippen LogP contribution in [0, 0.1) is 11.7 Å². The van der Waals surface area contributed by atoms with E-state index in [0.717, 1.165) is 42.7 Å². The number of oxazole rings is 1. The summed E-state index contributed by atoms with van der Waals surface area (Å²) in [6.45, 7) is 3.57. The third kappa shape index (κ3) is 4.54. The fourth-order valence-electron chi connectivity index (χ4n) is 5.95. The predicted molar refractivity (Wildman–Crippen MR) is 139 cm³/mol. The van der Waals surface area contributed by atoms with E-state index in [1.165, 1.54) is 6.07 Å². The molecule has 5 nitrogen and oxygen atoms in total. The number of aromatic nitrogens is 1. The molecule has 0 unspecified atom stereocenters. The van der Waals surface area contributed by atoms with Gasteiger partial charge in [0.1, 0.15) is 24.7 Å². The maximum atomic E-state index is 13.6. The molecule has 7 rings (SSSR count). The highest BCUT2D eigenvalue weighted by Crippen LogP contribution is 2.40. The molecule has 4 aromatic rings. The van der Waals surface area contributed by atoms with E-state index in [9.17, 15) is 9.50 Å². The Morgan fingerprint density at radius 3 is 2.27 bits per heavy atom. The van der Waals surface area contributed by atoms with Gasteiger partial charge in [-0.3, -0.25) is 0 Å². The number of nitrogens with zero attached hydrogens (tertiary/aromatic N) is 2. The van der Waals surface area contributed by atoms with Crippen molar-refractivity contribution in [2.75, 3.05) is 19.6 Å². The molecule has 1 aromatic heterocycles. The van der Waals surface area contributed by atoms with Crippen LogP contribution in [0.3, 0.4) is 0 Å². The van der Waals surface area contributed by atoms with Crippen LogP contribution in [0.25, 0.3) is 0 Å². The summed E-state index contributed by atoms with van der Waals surface area (Å²) in [6, 6.07) is 23.5. The van der Waals surface area contributed by atoms with Gasteiger partial charge in [-0.2, -0.15) is 0 Å². The average Bonchev–Trinajstić information content (AvgIpc) is 3.40. The molecule has 3 aromatic carbocycles. The Morgan fingerprint density at radius 2 is 1.65 bits per heavy atom. The van der Waals surface area contributed by atoms with Crippen molar-refractivity contribution >= 4 is 11.6 Å². The van der Waals surface area contributed by atoms with E-state index in [4.69, 9.17) is 20.8 Å². The number of benzene rings is 3. The molecular weight excluding hydrogens is 491 g/mol. The van der Waals surface area contributed by atoms with Crippen molar-refractivity contribution in [3.8, 4) is 5.75 Å². The highest BCUT2D eigenvalue weighted by molar-refractivity contribution is 6.30. The second-order valence-corrected chi connectivity index (χ2v) is 10.7. The number of aliphatic hydroxyl groups is 1. The second kappa shape index (κ2) is 9.60. The number of hydrogen-bond donors (Lipinski definition) is 1. The first-order chi connectivity index (χ1) is 18.0. The summed E-state index contributed by atoms with van der Waals surface area (Å²) >= 11 is 5.97. The molecule has 0 amide bonds. The van der Waals surface area contributed by atoms with Gasteiger partial charge in [0, 0.05) is 24.8 Å². The van der Waals surface area contributed by atoms with Crippen molar-refractivity contribution < 1.29 is 23.1 Å². The van der Waals surface area contributed by atoms with E-state index in [0.29, 0.717) is 29.3 Å². The van der Waals surface area contributed by atoms with Gasteiger partial charge in [0.05, 0.1) is 24.3 Å². The Bertz CT molecular complexity index is 1330. The van der Waals surface area contributed by atoms with Crippen LogP contribution < -0.4 is 4.74 Å². The molecule has 1 N–H and O–H groups in total. The highest BCUT2D eigenvalue weighted by Gasteiger charge is 2.48. The van der Waals surface area contributed by atoms with Crippen LogP contribution in [0.5, 0.6) is 5.75 Å². The summed E-state index contributed by atoms with van der Waals surface area (Å²) in [5, 5.41) is 12.1. The van der Waals surface area contributed by atoms with Crippen molar-refractivity contribution in [3.05, 3.63) is 119 Å². The van der Waals surface area contributed by atoms with Gasteiger partial charge in [-0.05, 0) is 23.3 Å². The minimum absolute atomic E-state index is 0.0250. The van der Waals surface area contributed by atoms with Gasteiger partial charge in [-0.25, -0.2) is 9.37 Å². The largest absolute Gasteiger partial charge is 0.484 e. The van der Waals surface area contributed by atoms with Crippen molar-refractivity contribution in [1.29, 1.82) is 0 Å². The lowest BCUT2D eigenvalue weighted by molar-refractivity contribution is -0.958. The van der Waals surface area contributed by atoms with E-state index >= 15 is 0 Å². The number of fused-ring (bicyclic) bond motifs is 3. The molecule has 190 valence electrons. The van der Waals surface area contributed by atoms with Gasteiger partial charge in [0.2, 0.25) is 5.89 Å². The molecule has 4 heterocycles. The highest BCUT2D eigenvalue weighted by atomic mass is 35.5. The van der Waals surface area contributed by atoms with Crippen molar-refractivity contribution in [1.82, 2.24) is 4.98 Å². The summed E-state index contributed by atoms with van der Waals surface area (Å²) in [7, 11) is 0. The molecule has 0 aliphatic carbocycles. The molecule has 3 fully saturated rings. The van der Waals surface area contributed by atoms with Crippen LogP contribution in [0.4, 0.5) is 4.39 Å². The van der Waals surface area contributed by atoms with Crippen LogP contribution in [-0.4, -0.2) is 40.3 Å². The molecule has 7 heteroatoms. The number of piperidine rings is 3. The van der Waals surface area contributed by atoms with Crippen LogP contribution >= 0.6 is 11.6 Å². The molecule has 3 aliphatic heterocycles. The zero-order chi connectivity index (χ0) is 25.5. The lowest BCUT2D eigenvalue weighted by atomic mass is 9.83. The molecule has 1 atom stereocenters. The van der Waals surface area contributed by atoms with Crippen molar-refractivity contribution in [2.45, 2.75) is 31.1 Å². The quantitative estimate of drug-likeness (QED) is 0.307. The zero-order valence-electron chi connectivity index (χ0n) is 20.4. The van der Waals surface area contributed by atoms with Crippen molar-refractivity contribution in [3.63, 3.8) is 0 Å². The molecule has 2 bridgehead atoms. The minimum Gasteiger partial charge on any atom is -0.484 e. The normalized spacial score (nSPS) is 23.2. The van der Waals surface area contributed by atoms with E-state index in [1.807, 2.05) is 60.7 Å². The molecule has 0 spiro atoms. The SMILES string of the molecule is OC(c1ccccc1)(c1ccccc1)c1ncc(C[N+]23CCC(CC2)[C@@H](Oc2ccc(F)c(Cl)c2)C3)o1. The Labute approximate surface area is 220 Å². The van der Waals surface area contributed by atoms with Gasteiger partial charge in [0.25, 0.3) is 0 Å². The summed E-state index contributed by atoms with van der Waals surface area (Å²) in [5.74, 6) is 1.62. The summed E-state index contributed by atoms with van der Waals surface area (Å²) in [6.07, 6.45) is 3.88. The molecule has 3 aliphatic rings. The Morgan fingerprint density at radius 1 is 1.00 bits per heavy atom. The number of hydrogen-bond acceptors (Lipinski definition) is 4. The van der Waals surface area contributed by atoms with Crippen LogP contribution in [0.1, 0.15) is 35.6 Å². The van der Waals surface area contributed by atoms with Crippen LogP contribution in [0.2, 0.25) is 5.02 Å². The van der Waals surface area contributed by atoms with Gasteiger partial charge >= 0.3 is 0 Å². The number of ether oxygens (including phenoxy) is 1. The van der Waals surface area contributed by atoms with Gasteiger partial charge < -0.3 is 18.7 Å². The zero-order valence-corrected chi connectivity index (χ0v) is 21.2. The van der Waals surface area contributed by atoms with Crippen LogP contribution in [-0.2, 0) is 12.1 Å². The summed E-state index contributed by atoms with van der Waals surface area (Å²) in [5.41, 5.74) is -0.0953. The van der Waals surface area contributed by atoms with Gasteiger partial charge in [0.15, 0.2) is 17.5 Å². The second-order valence-electron chi connectivity index (χ2n) is 10.3. The maximum absolute atomic E-state index is 13.6. The number of halogens is 2. The third-order valence-electron chi connectivity index (χ3n) is 7.96. The average molecular weight is 520 g/mol. The first-order valence-electron chi connectivity index (χ1n) is 12.7. The molecule has 37 heavy (non-hydrogen) atoms. The molecular formula is C30H29ClFN2O3+. The predicted octanol–water partition coefficient (Wildman–Crippen LogP) is 5.94. The number of quaternary nitrogens is 1. The van der Waals surface area contributed by atoms with E-state index in [1.54, 1.807) is 18.3 Å². The van der Waals surface area contributed by atoms with E-state index < -0.39 is 11.4 Å². The minimum atomic E-state index is -1.50. The van der Waals surface area contributed by atoms with E-state index in [-0.39, 0.29) is 17.0 Å².